The van der Waals surface area contributed by atoms with Crippen molar-refractivity contribution in [2.24, 2.45) is 0 Å². The lowest BCUT2D eigenvalue weighted by molar-refractivity contribution is 0.0383. The Balaban J connectivity index is 1.56. The molecule has 0 bridgehead atoms. The first-order valence-corrected chi connectivity index (χ1v) is 8.76. The highest BCUT2D eigenvalue weighted by Crippen LogP contribution is 2.24. The third-order valence-electron chi connectivity index (χ3n) is 4.70. The second kappa shape index (κ2) is 7.27. The van der Waals surface area contributed by atoms with Gasteiger partial charge in [0.1, 0.15) is 11.1 Å². The maximum atomic E-state index is 12.5. The molecule has 3 aromatic rings. The number of benzene rings is 2. The largest absolute Gasteiger partial charge is 0.422 e. The summed E-state index contributed by atoms with van der Waals surface area (Å²) in [6.07, 6.45) is 0. The van der Waals surface area contributed by atoms with Crippen LogP contribution in [0.2, 0.25) is 0 Å². The van der Waals surface area contributed by atoms with Gasteiger partial charge in [0.15, 0.2) is 0 Å². The van der Waals surface area contributed by atoms with Crippen molar-refractivity contribution in [2.45, 2.75) is 0 Å². The number of hydrogen-bond donors (Lipinski definition) is 1. The first-order chi connectivity index (χ1) is 12.7. The third-order valence-corrected chi connectivity index (χ3v) is 4.70. The molecule has 26 heavy (non-hydrogen) atoms. The smallest absolute Gasteiger partial charge is 0.349 e. The van der Waals surface area contributed by atoms with Gasteiger partial charge in [0.25, 0.3) is 5.91 Å². The summed E-state index contributed by atoms with van der Waals surface area (Å²) in [6.45, 7) is 4.37. The zero-order valence-electron chi connectivity index (χ0n) is 14.4. The number of nitrogens with one attached hydrogen (secondary N) is 1. The minimum atomic E-state index is -0.614. The zero-order chi connectivity index (χ0) is 17.9. The second-order valence-corrected chi connectivity index (χ2v) is 6.36. The number of nitrogens with zero attached hydrogens (tertiary/aromatic N) is 1. The van der Waals surface area contributed by atoms with Crippen molar-refractivity contribution in [2.75, 3.05) is 39.4 Å². The summed E-state index contributed by atoms with van der Waals surface area (Å²) < 4.78 is 10.7. The van der Waals surface area contributed by atoms with Crippen LogP contribution in [-0.2, 0) is 4.74 Å². The average Bonchev–Trinajstić information content (AvgIpc) is 2.68. The van der Waals surface area contributed by atoms with Crippen molar-refractivity contribution in [3.05, 3.63) is 58.4 Å². The van der Waals surface area contributed by atoms with Crippen molar-refractivity contribution >= 4 is 27.6 Å². The minimum Gasteiger partial charge on any atom is -0.422 e. The molecule has 1 aliphatic rings. The van der Waals surface area contributed by atoms with Gasteiger partial charge >= 0.3 is 5.63 Å². The summed E-state index contributed by atoms with van der Waals surface area (Å²) in [4.78, 5) is 26.9. The van der Waals surface area contributed by atoms with Gasteiger partial charge in [-0.25, -0.2) is 4.79 Å². The molecule has 0 atom stereocenters. The number of carbonyl (C=O) groups is 1. The lowest BCUT2D eigenvalue weighted by atomic mass is 10.0. The summed E-state index contributed by atoms with van der Waals surface area (Å²) in [5.74, 6) is -0.401. The fourth-order valence-electron chi connectivity index (χ4n) is 3.28. The van der Waals surface area contributed by atoms with E-state index < -0.39 is 11.5 Å². The second-order valence-electron chi connectivity index (χ2n) is 6.36. The van der Waals surface area contributed by atoms with Gasteiger partial charge in [-0.1, -0.05) is 30.3 Å². The highest BCUT2D eigenvalue weighted by Gasteiger charge is 2.16. The van der Waals surface area contributed by atoms with Crippen molar-refractivity contribution in [1.29, 1.82) is 0 Å². The number of hydrogen-bond acceptors (Lipinski definition) is 5. The molecule has 0 aliphatic carbocycles. The van der Waals surface area contributed by atoms with Gasteiger partial charge in [0, 0.05) is 31.6 Å². The van der Waals surface area contributed by atoms with Gasteiger partial charge in [0.2, 0.25) is 0 Å². The van der Waals surface area contributed by atoms with E-state index >= 15 is 0 Å². The highest BCUT2D eigenvalue weighted by molar-refractivity contribution is 6.07. The quantitative estimate of drug-likeness (QED) is 0.574. The number of fused-ring (bicyclic) bond motifs is 3. The Labute approximate surface area is 150 Å². The number of carbonyl (C=O) groups excluding carboxylic acids is 1. The molecule has 0 spiro atoms. The Hall–Kier alpha value is -2.70. The Morgan fingerprint density at radius 3 is 2.73 bits per heavy atom. The van der Waals surface area contributed by atoms with E-state index in [1.165, 1.54) is 0 Å². The molecule has 1 amide bonds. The highest BCUT2D eigenvalue weighted by atomic mass is 16.5. The molecule has 1 N–H and O–H groups in total. The van der Waals surface area contributed by atoms with E-state index in [9.17, 15) is 9.59 Å². The van der Waals surface area contributed by atoms with E-state index in [4.69, 9.17) is 9.15 Å². The van der Waals surface area contributed by atoms with Crippen LogP contribution in [0.1, 0.15) is 10.4 Å². The van der Waals surface area contributed by atoms with Crippen LogP contribution in [0.3, 0.4) is 0 Å². The van der Waals surface area contributed by atoms with E-state index in [1.54, 1.807) is 12.1 Å². The standard InChI is InChI=1S/C20H20N2O4/c23-19(21-7-8-22-9-11-25-12-10-22)17-13-16-15-4-2-1-3-14(15)5-6-18(16)26-20(17)24/h1-6,13H,7-12H2,(H,21,23). The van der Waals surface area contributed by atoms with Crippen molar-refractivity contribution in [3.63, 3.8) is 0 Å². The number of rotatable bonds is 4. The van der Waals surface area contributed by atoms with Crippen molar-refractivity contribution in [1.82, 2.24) is 10.2 Å². The normalized spacial score (nSPS) is 15.4. The maximum Gasteiger partial charge on any atom is 0.349 e. The van der Waals surface area contributed by atoms with Gasteiger partial charge in [-0.3, -0.25) is 9.69 Å². The molecule has 1 fully saturated rings. The first kappa shape index (κ1) is 16.8. The summed E-state index contributed by atoms with van der Waals surface area (Å²) in [5.41, 5.74) is -0.0916. The predicted octanol–water partition coefficient (Wildman–Crippen LogP) is 2.01. The predicted molar refractivity (Wildman–Crippen MR) is 99.6 cm³/mol. The van der Waals surface area contributed by atoms with E-state index in [1.807, 2.05) is 30.3 Å². The van der Waals surface area contributed by atoms with E-state index in [-0.39, 0.29) is 5.56 Å². The molecule has 1 aliphatic heterocycles. The molecular weight excluding hydrogens is 332 g/mol. The average molecular weight is 352 g/mol. The molecule has 0 unspecified atom stereocenters. The molecule has 1 saturated heterocycles. The topological polar surface area (TPSA) is 71.8 Å². The van der Waals surface area contributed by atoms with E-state index in [0.717, 1.165) is 49.0 Å². The van der Waals surface area contributed by atoms with Crippen LogP contribution in [0, 0.1) is 0 Å². The first-order valence-electron chi connectivity index (χ1n) is 8.76. The summed E-state index contributed by atoms with van der Waals surface area (Å²) >= 11 is 0. The summed E-state index contributed by atoms with van der Waals surface area (Å²) in [7, 11) is 0. The van der Waals surface area contributed by atoms with Crippen LogP contribution in [0.4, 0.5) is 0 Å². The van der Waals surface area contributed by atoms with Crippen LogP contribution >= 0.6 is 0 Å². The number of ether oxygens (including phenoxy) is 1. The van der Waals surface area contributed by atoms with E-state index in [0.29, 0.717) is 12.1 Å². The zero-order valence-corrected chi connectivity index (χ0v) is 14.4. The van der Waals surface area contributed by atoms with Crippen LogP contribution in [0.5, 0.6) is 0 Å². The number of amides is 1. The van der Waals surface area contributed by atoms with Gasteiger partial charge in [-0.2, -0.15) is 0 Å². The third kappa shape index (κ3) is 3.34. The lowest BCUT2D eigenvalue weighted by Crippen LogP contribution is -2.41. The molecule has 4 rings (SSSR count). The Morgan fingerprint density at radius 1 is 1.08 bits per heavy atom. The fourth-order valence-corrected chi connectivity index (χ4v) is 3.28. The SMILES string of the molecule is O=C(NCCN1CCOCC1)c1cc2c(ccc3ccccc32)oc1=O. The molecule has 6 nitrogen and oxygen atoms in total. The van der Waals surface area contributed by atoms with Gasteiger partial charge < -0.3 is 14.5 Å². The Morgan fingerprint density at radius 2 is 1.88 bits per heavy atom. The molecule has 2 aromatic carbocycles. The van der Waals surface area contributed by atoms with Gasteiger partial charge in [-0.05, 0) is 22.9 Å². The summed E-state index contributed by atoms with van der Waals surface area (Å²) in [5, 5.41) is 5.57. The molecule has 0 saturated carbocycles. The van der Waals surface area contributed by atoms with Gasteiger partial charge in [0.05, 0.1) is 13.2 Å². The lowest BCUT2D eigenvalue weighted by Gasteiger charge is -2.26. The Bertz CT molecular complexity index is 1010. The minimum absolute atomic E-state index is 0.0378. The van der Waals surface area contributed by atoms with Crippen molar-refractivity contribution < 1.29 is 13.9 Å². The monoisotopic (exact) mass is 352 g/mol. The summed E-state index contributed by atoms with van der Waals surface area (Å²) in [6, 6.07) is 13.1. The Kier molecular flexibility index (Phi) is 4.69. The van der Waals surface area contributed by atoms with Crippen LogP contribution in [-0.4, -0.2) is 50.2 Å². The van der Waals surface area contributed by atoms with Gasteiger partial charge in [-0.15, -0.1) is 0 Å². The molecule has 6 heteroatoms. The van der Waals surface area contributed by atoms with Crippen LogP contribution in [0.25, 0.3) is 21.7 Å². The van der Waals surface area contributed by atoms with E-state index in [2.05, 4.69) is 10.2 Å². The molecule has 134 valence electrons. The molecule has 0 radical (unpaired) electrons. The van der Waals surface area contributed by atoms with Crippen LogP contribution in [0.15, 0.2) is 51.7 Å². The maximum absolute atomic E-state index is 12.5. The molecular formula is C20H20N2O4. The fraction of sp³-hybridized carbons (Fsp3) is 0.300. The molecule has 1 aromatic heterocycles. The van der Waals surface area contributed by atoms with Crippen molar-refractivity contribution in [3.8, 4) is 0 Å². The van der Waals surface area contributed by atoms with Crippen LogP contribution < -0.4 is 10.9 Å². The molecule has 2 heterocycles. The number of morpholine rings is 1.